The summed E-state index contributed by atoms with van der Waals surface area (Å²) in [4.78, 5) is 20.2. The summed E-state index contributed by atoms with van der Waals surface area (Å²) in [5.41, 5.74) is 8.68. The van der Waals surface area contributed by atoms with Gasteiger partial charge >= 0.3 is 0 Å². The Balaban J connectivity index is 1.64. The molecule has 0 aliphatic heterocycles. The number of nitrogens with two attached hydrogens (primary N) is 1. The van der Waals surface area contributed by atoms with Crippen molar-refractivity contribution in [2.75, 3.05) is 12.3 Å². The normalized spacial score (nSPS) is 14.2. The molecule has 4 N–H and O–H groups in total. The fourth-order valence-electron chi connectivity index (χ4n) is 3.26. The van der Waals surface area contributed by atoms with Gasteiger partial charge in [0, 0.05) is 36.1 Å². The van der Waals surface area contributed by atoms with Gasteiger partial charge in [-0.2, -0.15) is 0 Å². The molecule has 0 atom stereocenters. The molecule has 1 saturated carbocycles. The first-order valence-corrected chi connectivity index (χ1v) is 8.90. The Labute approximate surface area is 151 Å². The van der Waals surface area contributed by atoms with Gasteiger partial charge in [-0.25, -0.2) is 4.98 Å². The van der Waals surface area contributed by atoms with E-state index in [9.17, 15) is 4.79 Å². The van der Waals surface area contributed by atoms with Crippen LogP contribution in [0.1, 0.15) is 35.2 Å². The molecule has 1 fully saturated rings. The molecule has 0 unspecified atom stereocenters. The SMILES string of the molecule is Cc1c[nH]c2c(Oc3cccc(N)c3)ncc(C(=O)NCC3CCC3)c12. The van der Waals surface area contributed by atoms with Gasteiger partial charge in [0.25, 0.3) is 5.91 Å². The number of aromatic amines is 1. The maximum Gasteiger partial charge on any atom is 0.253 e. The number of pyridine rings is 1. The number of ether oxygens (including phenoxy) is 1. The maximum absolute atomic E-state index is 12.6. The standard InChI is InChI=1S/C20H22N4O2/c1-12-9-22-18-17(12)16(19(25)23-10-13-4-2-5-13)11-24-20(18)26-15-7-3-6-14(21)8-15/h3,6-9,11,13,22H,2,4-5,10,21H2,1H3,(H,23,25). The molecule has 0 saturated heterocycles. The zero-order valence-corrected chi connectivity index (χ0v) is 14.7. The molecule has 0 bridgehead atoms. The highest BCUT2D eigenvalue weighted by molar-refractivity contribution is 6.08. The zero-order valence-electron chi connectivity index (χ0n) is 14.7. The molecule has 0 spiro atoms. The van der Waals surface area contributed by atoms with Crippen molar-refractivity contribution in [1.82, 2.24) is 15.3 Å². The highest BCUT2D eigenvalue weighted by atomic mass is 16.5. The number of nitrogens with one attached hydrogen (secondary N) is 2. The smallest absolute Gasteiger partial charge is 0.253 e. The number of H-pyrrole nitrogens is 1. The predicted octanol–water partition coefficient (Wildman–Crippen LogP) is 3.78. The molecule has 2 aromatic heterocycles. The Kier molecular flexibility index (Phi) is 4.24. The number of aromatic nitrogens is 2. The zero-order chi connectivity index (χ0) is 18.1. The first-order valence-electron chi connectivity index (χ1n) is 8.90. The van der Waals surface area contributed by atoms with E-state index in [2.05, 4.69) is 15.3 Å². The van der Waals surface area contributed by atoms with Crippen LogP contribution in [0.15, 0.2) is 36.7 Å². The van der Waals surface area contributed by atoms with Gasteiger partial charge in [0.2, 0.25) is 5.88 Å². The van der Waals surface area contributed by atoms with E-state index in [-0.39, 0.29) is 5.91 Å². The number of anilines is 1. The molecule has 1 amide bonds. The molecule has 1 aliphatic carbocycles. The summed E-state index contributed by atoms with van der Waals surface area (Å²) < 4.78 is 5.89. The van der Waals surface area contributed by atoms with Crippen LogP contribution >= 0.6 is 0 Å². The van der Waals surface area contributed by atoms with Gasteiger partial charge in [-0.15, -0.1) is 0 Å². The van der Waals surface area contributed by atoms with Gasteiger partial charge in [-0.1, -0.05) is 12.5 Å². The Morgan fingerprint density at radius 1 is 1.42 bits per heavy atom. The number of carbonyl (C=O) groups excluding carboxylic acids is 1. The first kappa shape index (κ1) is 16.4. The molecule has 3 aromatic rings. The third kappa shape index (κ3) is 3.10. The molecule has 2 heterocycles. The maximum atomic E-state index is 12.6. The van der Waals surface area contributed by atoms with E-state index in [1.165, 1.54) is 19.3 Å². The van der Waals surface area contributed by atoms with Crippen molar-refractivity contribution in [2.45, 2.75) is 26.2 Å². The van der Waals surface area contributed by atoms with Crippen LogP contribution in [0.5, 0.6) is 11.6 Å². The third-order valence-corrected chi connectivity index (χ3v) is 4.96. The lowest BCUT2D eigenvalue weighted by molar-refractivity contribution is 0.0940. The summed E-state index contributed by atoms with van der Waals surface area (Å²) in [6.45, 7) is 2.69. The van der Waals surface area contributed by atoms with Gasteiger partial charge in [0.1, 0.15) is 11.3 Å². The minimum Gasteiger partial charge on any atom is -0.437 e. The van der Waals surface area contributed by atoms with Gasteiger partial charge in [0.15, 0.2) is 0 Å². The number of carbonyl (C=O) groups is 1. The second-order valence-electron chi connectivity index (χ2n) is 6.88. The number of hydrogen-bond acceptors (Lipinski definition) is 4. The average molecular weight is 350 g/mol. The third-order valence-electron chi connectivity index (χ3n) is 4.96. The molecule has 4 rings (SSSR count). The highest BCUT2D eigenvalue weighted by Gasteiger charge is 2.21. The fraction of sp³-hybridized carbons (Fsp3) is 0.300. The highest BCUT2D eigenvalue weighted by Crippen LogP contribution is 2.32. The predicted molar refractivity (Wildman–Crippen MR) is 101 cm³/mol. The summed E-state index contributed by atoms with van der Waals surface area (Å²) in [6, 6.07) is 7.18. The Morgan fingerprint density at radius 2 is 2.27 bits per heavy atom. The van der Waals surface area contributed by atoms with E-state index in [1.54, 1.807) is 18.3 Å². The molecular weight excluding hydrogens is 328 g/mol. The fourth-order valence-corrected chi connectivity index (χ4v) is 3.26. The lowest BCUT2D eigenvalue weighted by Gasteiger charge is -2.25. The minimum absolute atomic E-state index is 0.0902. The number of nitrogen functional groups attached to an aromatic ring is 1. The minimum atomic E-state index is -0.0902. The van der Waals surface area contributed by atoms with E-state index >= 15 is 0 Å². The number of benzene rings is 1. The monoisotopic (exact) mass is 350 g/mol. The van der Waals surface area contributed by atoms with Crippen LogP contribution in [-0.2, 0) is 0 Å². The van der Waals surface area contributed by atoms with Crippen LogP contribution in [0.25, 0.3) is 10.9 Å². The van der Waals surface area contributed by atoms with Crippen molar-refractivity contribution in [3.05, 3.63) is 47.8 Å². The number of nitrogens with zero attached hydrogens (tertiary/aromatic N) is 1. The molecule has 1 aliphatic rings. The number of hydrogen-bond donors (Lipinski definition) is 3. The van der Waals surface area contributed by atoms with Crippen LogP contribution in [-0.4, -0.2) is 22.4 Å². The van der Waals surface area contributed by atoms with Crippen molar-refractivity contribution in [3.63, 3.8) is 0 Å². The van der Waals surface area contributed by atoms with E-state index in [1.807, 2.05) is 25.3 Å². The molecular formula is C20H22N4O2. The Bertz CT molecular complexity index is 960. The number of amides is 1. The topological polar surface area (TPSA) is 93.0 Å². The van der Waals surface area contributed by atoms with Crippen LogP contribution in [0.4, 0.5) is 5.69 Å². The summed E-state index contributed by atoms with van der Waals surface area (Å²) in [5.74, 6) is 1.55. The average Bonchev–Trinajstić information content (AvgIpc) is 2.96. The van der Waals surface area contributed by atoms with Crippen molar-refractivity contribution in [3.8, 4) is 11.6 Å². The second kappa shape index (κ2) is 6.71. The summed E-state index contributed by atoms with van der Waals surface area (Å²) in [7, 11) is 0. The Hall–Kier alpha value is -3.02. The Morgan fingerprint density at radius 3 is 3.00 bits per heavy atom. The van der Waals surface area contributed by atoms with Crippen molar-refractivity contribution in [2.24, 2.45) is 5.92 Å². The van der Waals surface area contributed by atoms with Crippen molar-refractivity contribution >= 4 is 22.5 Å². The summed E-state index contributed by atoms with van der Waals surface area (Å²) >= 11 is 0. The summed E-state index contributed by atoms with van der Waals surface area (Å²) in [5, 5.41) is 3.87. The van der Waals surface area contributed by atoms with Crippen LogP contribution in [0.3, 0.4) is 0 Å². The first-order chi connectivity index (χ1) is 12.6. The number of rotatable bonds is 5. The lowest BCUT2D eigenvalue weighted by atomic mass is 9.85. The molecule has 6 heteroatoms. The van der Waals surface area contributed by atoms with Gasteiger partial charge < -0.3 is 20.8 Å². The quantitative estimate of drug-likeness (QED) is 0.611. The van der Waals surface area contributed by atoms with Gasteiger partial charge in [-0.05, 0) is 43.4 Å². The second-order valence-corrected chi connectivity index (χ2v) is 6.88. The largest absolute Gasteiger partial charge is 0.437 e. The van der Waals surface area contributed by atoms with Crippen molar-refractivity contribution in [1.29, 1.82) is 0 Å². The lowest BCUT2D eigenvalue weighted by Crippen LogP contribution is -2.32. The van der Waals surface area contributed by atoms with E-state index in [4.69, 9.17) is 10.5 Å². The van der Waals surface area contributed by atoms with Gasteiger partial charge in [-0.3, -0.25) is 4.79 Å². The molecule has 6 nitrogen and oxygen atoms in total. The van der Waals surface area contributed by atoms with E-state index < -0.39 is 0 Å². The summed E-state index contributed by atoms with van der Waals surface area (Å²) in [6.07, 6.45) is 7.11. The molecule has 1 aromatic carbocycles. The molecule has 26 heavy (non-hydrogen) atoms. The van der Waals surface area contributed by atoms with Crippen LogP contribution < -0.4 is 15.8 Å². The molecule has 134 valence electrons. The number of aryl methyl sites for hydroxylation is 1. The van der Waals surface area contributed by atoms with Gasteiger partial charge in [0.05, 0.1) is 5.56 Å². The number of fused-ring (bicyclic) bond motifs is 1. The van der Waals surface area contributed by atoms with Crippen LogP contribution in [0.2, 0.25) is 0 Å². The van der Waals surface area contributed by atoms with E-state index in [0.29, 0.717) is 34.3 Å². The van der Waals surface area contributed by atoms with E-state index in [0.717, 1.165) is 17.5 Å². The van der Waals surface area contributed by atoms with Crippen molar-refractivity contribution < 1.29 is 9.53 Å². The molecule has 0 radical (unpaired) electrons. The van der Waals surface area contributed by atoms with Crippen LogP contribution in [0, 0.1) is 12.8 Å².